The first-order valence-corrected chi connectivity index (χ1v) is 5.78. The maximum Gasteiger partial charge on any atom is 0.146 e. The predicted molar refractivity (Wildman–Crippen MR) is 71.9 cm³/mol. The van der Waals surface area contributed by atoms with Gasteiger partial charge in [-0.3, -0.25) is 0 Å². The Labute approximate surface area is 106 Å². The Balaban J connectivity index is 2.14. The van der Waals surface area contributed by atoms with Crippen LogP contribution in [0.1, 0.15) is 16.7 Å². The summed E-state index contributed by atoms with van der Waals surface area (Å²) < 4.78 is 13.5. The van der Waals surface area contributed by atoms with Gasteiger partial charge < -0.3 is 11.1 Å². The molecule has 0 amide bonds. The second-order valence-electron chi connectivity index (χ2n) is 4.33. The molecule has 0 aliphatic rings. The number of rotatable bonds is 3. The number of aromatic nitrogens is 1. The third kappa shape index (κ3) is 2.59. The fourth-order valence-corrected chi connectivity index (χ4v) is 1.90. The number of nitrogens with two attached hydrogens (primary N) is 1. The van der Waals surface area contributed by atoms with E-state index < -0.39 is 0 Å². The second-order valence-corrected chi connectivity index (χ2v) is 4.33. The lowest BCUT2D eigenvalue weighted by Crippen LogP contribution is -2.04. The summed E-state index contributed by atoms with van der Waals surface area (Å²) in [5.74, 6) is 0.327. The van der Waals surface area contributed by atoms with Crippen molar-refractivity contribution in [1.82, 2.24) is 4.98 Å². The van der Waals surface area contributed by atoms with Gasteiger partial charge in [-0.25, -0.2) is 9.37 Å². The summed E-state index contributed by atoms with van der Waals surface area (Å²) in [6.45, 7) is 4.13. The quantitative estimate of drug-likeness (QED) is 0.873. The third-order valence-electron chi connectivity index (χ3n) is 2.82. The van der Waals surface area contributed by atoms with Crippen LogP contribution >= 0.6 is 0 Å². The minimum atomic E-state index is -0.139. The smallest absolute Gasteiger partial charge is 0.146 e. The molecule has 2 aromatic rings. The van der Waals surface area contributed by atoms with E-state index in [1.165, 1.54) is 0 Å². The molecule has 0 bridgehead atoms. The van der Waals surface area contributed by atoms with Crippen LogP contribution in [0.2, 0.25) is 0 Å². The van der Waals surface area contributed by atoms with Crippen molar-refractivity contribution >= 4 is 11.5 Å². The molecule has 0 unspecified atom stereocenters. The fourth-order valence-electron chi connectivity index (χ4n) is 1.90. The Bertz CT molecular complexity index is 544. The van der Waals surface area contributed by atoms with Crippen LogP contribution in [-0.4, -0.2) is 4.98 Å². The third-order valence-corrected chi connectivity index (χ3v) is 2.82. The number of nitrogens with one attached hydrogen (secondary N) is 1. The van der Waals surface area contributed by atoms with Crippen LogP contribution in [0.5, 0.6) is 0 Å². The zero-order valence-electron chi connectivity index (χ0n) is 10.5. The summed E-state index contributed by atoms with van der Waals surface area (Å²) in [6.07, 6.45) is 1.65. The summed E-state index contributed by atoms with van der Waals surface area (Å²) >= 11 is 0. The number of anilines is 2. The molecular weight excluding hydrogens is 229 g/mol. The van der Waals surface area contributed by atoms with Crippen molar-refractivity contribution in [3.8, 4) is 0 Å². The van der Waals surface area contributed by atoms with Gasteiger partial charge in [0, 0.05) is 12.7 Å². The highest BCUT2D eigenvalue weighted by atomic mass is 19.1. The van der Waals surface area contributed by atoms with Gasteiger partial charge in [0.15, 0.2) is 0 Å². The molecule has 3 nitrogen and oxygen atoms in total. The van der Waals surface area contributed by atoms with Gasteiger partial charge >= 0.3 is 0 Å². The highest BCUT2D eigenvalue weighted by Crippen LogP contribution is 2.18. The van der Waals surface area contributed by atoms with Crippen molar-refractivity contribution in [2.24, 2.45) is 0 Å². The lowest BCUT2D eigenvalue weighted by Gasteiger charge is -2.10. The van der Waals surface area contributed by atoms with Crippen LogP contribution in [0.25, 0.3) is 0 Å². The largest absolute Gasteiger partial charge is 0.382 e. The molecule has 0 saturated heterocycles. The fraction of sp³-hybridized carbons (Fsp3) is 0.214. The summed E-state index contributed by atoms with van der Waals surface area (Å²) in [4.78, 5) is 4.00. The van der Waals surface area contributed by atoms with Gasteiger partial charge in [0.25, 0.3) is 0 Å². The topological polar surface area (TPSA) is 50.9 Å². The summed E-state index contributed by atoms with van der Waals surface area (Å²) in [5, 5.41) is 3.19. The number of nitrogens with zero attached hydrogens (tertiary/aromatic N) is 1. The molecule has 1 aromatic heterocycles. The molecule has 0 aliphatic heterocycles. The molecule has 2 rings (SSSR count). The van der Waals surface area contributed by atoms with E-state index in [0.717, 1.165) is 11.3 Å². The normalized spacial score (nSPS) is 10.4. The highest BCUT2D eigenvalue weighted by molar-refractivity contribution is 5.61. The van der Waals surface area contributed by atoms with E-state index in [4.69, 9.17) is 5.73 Å². The van der Waals surface area contributed by atoms with Crippen LogP contribution in [0, 0.1) is 19.7 Å². The Morgan fingerprint density at radius 3 is 2.56 bits per heavy atom. The van der Waals surface area contributed by atoms with E-state index in [9.17, 15) is 4.39 Å². The zero-order chi connectivity index (χ0) is 13.1. The van der Waals surface area contributed by atoms with Gasteiger partial charge in [-0.15, -0.1) is 0 Å². The van der Waals surface area contributed by atoms with E-state index in [2.05, 4.69) is 10.3 Å². The molecule has 3 N–H and O–H groups in total. The average Bonchev–Trinajstić information content (AvgIpc) is 2.35. The molecule has 0 atom stereocenters. The number of aryl methyl sites for hydroxylation is 2. The average molecular weight is 245 g/mol. The molecular formula is C14H16FN3. The van der Waals surface area contributed by atoms with Crippen LogP contribution < -0.4 is 11.1 Å². The molecule has 18 heavy (non-hydrogen) atoms. The molecule has 1 aromatic carbocycles. The molecule has 0 aliphatic carbocycles. The Hall–Kier alpha value is -2.10. The minimum absolute atomic E-state index is 0.139. The Morgan fingerprint density at radius 2 is 1.94 bits per heavy atom. The molecule has 1 heterocycles. The SMILES string of the molecule is Cc1cc(CNc2cccnc2N)cc(C)c1F. The van der Waals surface area contributed by atoms with Crippen molar-refractivity contribution in [2.75, 3.05) is 11.1 Å². The molecule has 0 spiro atoms. The maximum atomic E-state index is 13.5. The number of nitrogen functional groups attached to an aromatic ring is 1. The second kappa shape index (κ2) is 5.04. The monoisotopic (exact) mass is 245 g/mol. The van der Waals surface area contributed by atoms with Crippen molar-refractivity contribution in [1.29, 1.82) is 0 Å². The molecule has 0 saturated carbocycles. The van der Waals surface area contributed by atoms with E-state index in [1.807, 2.05) is 24.3 Å². The maximum absolute atomic E-state index is 13.5. The standard InChI is InChI=1S/C14H16FN3/c1-9-6-11(7-10(2)13(9)15)8-18-12-4-3-5-17-14(12)16/h3-7,18H,8H2,1-2H3,(H2,16,17). The number of benzene rings is 1. The lowest BCUT2D eigenvalue weighted by molar-refractivity contribution is 0.608. The van der Waals surface area contributed by atoms with E-state index >= 15 is 0 Å². The number of hydrogen-bond donors (Lipinski definition) is 2. The molecule has 4 heteroatoms. The number of pyridine rings is 1. The highest BCUT2D eigenvalue weighted by Gasteiger charge is 2.05. The minimum Gasteiger partial charge on any atom is -0.382 e. The summed E-state index contributed by atoms with van der Waals surface area (Å²) in [6, 6.07) is 7.36. The van der Waals surface area contributed by atoms with Gasteiger partial charge in [0.1, 0.15) is 11.6 Å². The van der Waals surface area contributed by atoms with Gasteiger partial charge in [-0.1, -0.05) is 12.1 Å². The lowest BCUT2D eigenvalue weighted by atomic mass is 10.1. The molecule has 94 valence electrons. The Kier molecular flexibility index (Phi) is 3.46. The first kappa shape index (κ1) is 12.4. The van der Waals surface area contributed by atoms with Gasteiger partial charge in [0.05, 0.1) is 5.69 Å². The van der Waals surface area contributed by atoms with Gasteiger partial charge in [-0.05, 0) is 42.7 Å². The molecule has 0 fully saturated rings. The summed E-state index contributed by atoms with van der Waals surface area (Å²) in [5.41, 5.74) is 8.86. The van der Waals surface area contributed by atoms with Gasteiger partial charge in [0.2, 0.25) is 0 Å². The zero-order valence-corrected chi connectivity index (χ0v) is 10.5. The first-order chi connectivity index (χ1) is 8.58. The van der Waals surface area contributed by atoms with Gasteiger partial charge in [-0.2, -0.15) is 0 Å². The van der Waals surface area contributed by atoms with Crippen LogP contribution in [0.15, 0.2) is 30.5 Å². The summed E-state index contributed by atoms with van der Waals surface area (Å²) in [7, 11) is 0. The van der Waals surface area contributed by atoms with Crippen LogP contribution in [0.3, 0.4) is 0 Å². The van der Waals surface area contributed by atoms with E-state index in [-0.39, 0.29) is 5.82 Å². The number of halogens is 1. The van der Waals surface area contributed by atoms with Crippen LogP contribution in [0.4, 0.5) is 15.9 Å². The van der Waals surface area contributed by atoms with Crippen molar-refractivity contribution in [2.45, 2.75) is 20.4 Å². The predicted octanol–water partition coefficient (Wildman–Crippen LogP) is 3.03. The van der Waals surface area contributed by atoms with Crippen LogP contribution in [-0.2, 0) is 6.54 Å². The van der Waals surface area contributed by atoms with Crippen molar-refractivity contribution in [3.63, 3.8) is 0 Å². The molecule has 0 radical (unpaired) electrons. The van der Waals surface area contributed by atoms with E-state index in [1.54, 1.807) is 20.0 Å². The van der Waals surface area contributed by atoms with Crippen molar-refractivity contribution in [3.05, 3.63) is 53.0 Å². The number of hydrogen-bond acceptors (Lipinski definition) is 3. The van der Waals surface area contributed by atoms with E-state index in [0.29, 0.717) is 23.5 Å². The first-order valence-electron chi connectivity index (χ1n) is 5.78. The Morgan fingerprint density at radius 1 is 1.28 bits per heavy atom. The van der Waals surface area contributed by atoms with Crippen molar-refractivity contribution < 1.29 is 4.39 Å².